The molecule has 6 heteroatoms. The molecule has 0 radical (unpaired) electrons. The van der Waals surface area contributed by atoms with Crippen LogP contribution in [0.4, 0.5) is 0 Å². The summed E-state index contributed by atoms with van der Waals surface area (Å²) in [5.74, 6) is -1.02. The smallest absolute Gasteiger partial charge is 0.331 e. The number of aliphatic hydroxyl groups is 2. The zero-order valence-corrected chi connectivity index (χ0v) is 18.6. The Morgan fingerprint density at radius 3 is 2.60 bits per heavy atom. The SMILES string of the molecule is CC1=C[C@@H]2/C=C(/C)CC[C@H](O)[C@H](O)/C=C/C(=O)O[C@]23C(=O)N[C@H](CC(C)C)[C@@H]3[C@@H]1C. The van der Waals surface area contributed by atoms with Crippen molar-refractivity contribution < 1.29 is 24.5 Å². The van der Waals surface area contributed by atoms with E-state index in [9.17, 15) is 19.8 Å². The normalized spacial score (nSPS) is 42.5. The Morgan fingerprint density at radius 2 is 1.93 bits per heavy atom. The van der Waals surface area contributed by atoms with E-state index >= 15 is 0 Å². The number of carbonyl (C=O) groups excluding carboxylic acids is 2. The van der Waals surface area contributed by atoms with Gasteiger partial charge in [-0.15, -0.1) is 0 Å². The van der Waals surface area contributed by atoms with Gasteiger partial charge >= 0.3 is 5.97 Å². The quantitative estimate of drug-likeness (QED) is 0.474. The molecule has 2 aliphatic heterocycles. The topological polar surface area (TPSA) is 95.9 Å². The number of aliphatic hydroxyl groups excluding tert-OH is 2. The summed E-state index contributed by atoms with van der Waals surface area (Å²) in [6.45, 7) is 10.4. The van der Waals surface area contributed by atoms with E-state index in [4.69, 9.17) is 4.74 Å². The standard InChI is InChI=1S/C24H35NO5/c1-13(2)10-18-22-16(5)15(4)12-17-11-14(3)6-7-19(26)20(27)8-9-21(28)30-24(17,22)23(29)25-18/h8-9,11-13,16-20,22,26-27H,6-7,10H2,1-5H3,(H,25,29)/b9-8+,14-11-/t16-,17+,18-,19+,20-,22+,24-/m1/s1. The average Bonchev–Trinajstić information content (AvgIpc) is 2.93. The Balaban J connectivity index is 2.13. The van der Waals surface area contributed by atoms with Crippen molar-refractivity contribution in [3.05, 3.63) is 35.5 Å². The van der Waals surface area contributed by atoms with Gasteiger partial charge in [-0.1, -0.05) is 44.1 Å². The highest BCUT2D eigenvalue weighted by Gasteiger charge is 2.64. The van der Waals surface area contributed by atoms with Crippen LogP contribution >= 0.6 is 0 Å². The van der Waals surface area contributed by atoms with Crippen LogP contribution in [0, 0.1) is 23.7 Å². The fourth-order valence-electron chi connectivity index (χ4n) is 5.27. The number of hydrogen-bond donors (Lipinski definition) is 3. The van der Waals surface area contributed by atoms with Crippen LogP contribution in [0.3, 0.4) is 0 Å². The van der Waals surface area contributed by atoms with Crippen molar-refractivity contribution in [2.45, 2.75) is 77.7 Å². The zero-order chi connectivity index (χ0) is 22.2. The predicted molar refractivity (Wildman–Crippen MR) is 114 cm³/mol. The first-order valence-corrected chi connectivity index (χ1v) is 11.0. The molecule has 0 aromatic rings. The monoisotopic (exact) mass is 417 g/mol. The molecule has 1 amide bonds. The number of allylic oxidation sites excluding steroid dienone is 2. The molecule has 0 bridgehead atoms. The van der Waals surface area contributed by atoms with Gasteiger partial charge in [0.1, 0.15) is 0 Å². The lowest BCUT2D eigenvalue weighted by atomic mass is 9.63. The Bertz CT molecular complexity index is 782. The van der Waals surface area contributed by atoms with Crippen molar-refractivity contribution >= 4 is 11.9 Å². The van der Waals surface area contributed by atoms with Gasteiger partial charge in [0, 0.05) is 24.0 Å². The summed E-state index contributed by atoms with van der Waals surface area (Å²) in [5.41, 5.74) is 0.858. The van der Waals surface area contributed by atoms with Crippen LogP contribution in [-0.4, -0.2) is 45.9 Å². The van der Waals surface area contributed by atoms with Crippen molar-refractivity contribution in [2.75, 3.05) is 0 Å². The summed E-state index contributed by atoms with van der Waals surface area (Å²) >= 11 is 0. The average molecular weight is 418 g/mol. The molecule has 3 aliphatic rings. The van der Waals surface area contributed by atoms with E-state index in [1.807, 2.05) is 13.0 Å². The van der Waals surface area contributed by atoms with Crippen molar-refractivity contribution in [1.82, 2.24) is 5.32 Å². The molecule has 2 heterocycles. The zero-order valence-electron chi connectivity index (χ0n) is 18.6. The van der Waals surface area contributed by atoms with E-state index in [0.29, 0.717) is 18.8 Å². The molecule has 0 aromatic heterocycles. The lowest BCUT2D eigenvalue weighted by Gasteiger charge is -2.45. The van der Waals surface area contributed by atoms with Gasteiger partial charge in [0.05, 0.1) is 12.2 Å². The molecular weight excluding hydrogens is 382 g/mol. The molecule has 1 aliphatic carbocycles. The third kappa shape index (κ3) is 4.12. The second-order valence-corrected chi connectivity index (χ2v) is 9.64. The third-order valence-electron chi connectivity index (χ3n) is 6.91. The molecule has 3 N–H and O–H groups in total. The van der Waals surface area contributed by atoms with Crippen LogP contribution in [0.25, 0.3) is 0 Å². The highest BCUT2D eigenvalue weighted by molar-refractivity contribution is 5.94. The Hall–Kier alpha value is -1.92. The summed E-state index contributed by atoms with van der Waals surface area (Å²) in [7, 11) is 0. The third-order valence-corrected chi connectivity index (χ3v) is 6.91. The molecule has 1 fully saturated rings. The highest BCUT2D eigenvalue weighted by Crippen LogP contribution is 2.50. The van der Waals surface area contributed by atoms with Gasteiger partial charge in [-0.25, -0.2) is 4.79 Å². The first-order valence-electron chi connectivity index (χ1n) is 11.0. The number of esters is 1. The maximum atomic E-state index is 13.4. The van der Waals surface area contributed by atoms with Crippen molar-refractivity contribution in [3.8, 4) is 0 Å². The van der Waals surface area contributed by atoms with Gasteiger partial charge < -0.3 is 20.3 Å². The highest BCUT2D eigenvalue weighted by atomic mass is 16.6. The van der Waals surface area contributed by atoms with Crippen molar-refractivity contribution in [3.63, 3.8) is 0 Å². The largest absolute Gasteiger partial charge is 0.444 e. The van der Waals surface area contributed by atoms with Crippen LogP contribution in [0.1, 0.15) is 53.9 Å². The molecule has 0 aromatic carbocycles. The van der Waals surface area contributed by atoms with Crippen LogP contribution < -0.4 is 5.32 Å². The fraction of sp³-hybridized carbons (Fsp3) is 0.667. The number of amides is 1. The number of rotatable bonds is 2. The minimum Gasteiger partial charge on any atom is -0.444 e. The number of nitrogens with one attached hydrogen (secondary N) is 1. The van der Waals surface area contributed by atoms with Gasteiger partial charge in [0.2, 0.25) is 5.60 Å². The maximum Gasteiger partial charge on any atom is 0.331 e. The van der Waals surface area contributed by atoms with E-state index in [-0.39, 0.29) is 29.7 Å². The number of carbonyl (C=O) groups is 2. The molecule has 0 saturated carbocycles. The van der Waals surface area contributed by atoms with Gasteiger partial charge in [-0.3, -0.25) is 4.79 Å². The molecule has 30 heavy (non-hydrogen) atoms. The predicted octanol–water partition coefficient (Wildman–Crippen LogP) is 2.66. The van der Waals surface area contributed by atoms with Gasteiger partial charge in [-0.05, 0) is 51.0 Å². The molecular formula is C24H35NO5. The fourth-order valence-corrected chi connectivity index (χ4v) is 5.27. The van der Waals surface area contributed by atoms with Crippen LogP contribution in [0.15, 0.2) is 35.5 Å². The van der Waals surface area contributed by atoms with E-state index in [2.05, 4.69) is 39.1 Å². The minimum atomic E-state index is -1.32. The molecule has 3 rings (SSSR count). The lowest BCUT2D eigenvalue weighted by molar-refractivity contribution is -0.172. The summed E-state index contributed by atoms with van der Waals surface area (Å²) in [5, 5.41) is 23.4. The number of ether oxygens (including phenoxy) is 1. The van der Waals surface area contributed by atoms with Gasteiger partial charge in [0.25, 0.3) is 5.91 Å². The summed E-state index contributed by atoms with van der Waals surface area (Å²) in [6.07, 6.45) is 6.06. The second kappa shape index (κ2) is 8.67. The first kappa shape index (κ1) is 22.8. The van der Waals surface area contributed by atoms with E-state index < -0.39 is 23.8 Å². The molecule has 166 valence electrons. The Morgan fingerprint density at radius 1 is 1.23 bits per heavy atom. The van der Waals surface area contributed by atoms with Crippen molar-refractivity contribution in [1.29, 1.82) is 0 Å². The first-order chi connectivity index (χ1) is 14.1. The Labute approximate surface area is 179 Å². The summed E-state index contributed by atoms with van der Waals surface area (Å²) in [6, 6.07) is -0.0792. The Kier molecular flexibility index (Phi) is 6.58. The van der Waals surface area contributed by atoms with E-state index in [0.717, 1.165) is 18.1 Å². The van der Waals surface area contributed by atoms with Gasteiger partial charge in [-0.2, -0.15) is 0 Å². The molecule has 6 nitrogen and oxygen atoms in total. The summed E-state index contributed by atoms with van der Waals surface area (Å²) < 4.78 is 5.99. The van der Waals surface area contributed by atoms with Crippen LogP contribution in [0.2, 0.25) is 0 Å². The van der Waals surface area contributed by atoms with Crippen LogP contribution in [0.5, 0.6) is 0 Å². The van der Waals surface area contributed by atoms with E-state index in [1.165, 1.54) is 11.6 Å². The molecule has 1 saturated heterocycles. The molecule has 7 atom stereocenters. The molecule has 1 spiro atoms. The number of hydrogen-bond acceptors (Lipinski definition) is 5. The molecule has 0 unspecified atom stereocenters. The van der Waals surface area contributed by atoms with Crippen LogP contribution in [-0.2, 0) is 14.3 Å². The summed E-state index contributed by atoms with van der Waals surface area (Å²) in [4.78, 5) is 26.2. The minimum absolute atomic E-state index is 0.0785. The maximum absolute atomic E-state index is 13.4. The van der Waals surface area contributed by atoms with Crippen molar-refractivity contribution in [2.24, 2.45) is 23.7 Å². The van der Waals surface area contributed by atoms with E-state index in [1.54, 1.807) is 0 Å². The second-order valence-electron chi connectivity index (χ2n) is 9.64. The lowest BCUT2D eigenvalue weighted by Crippen LogP contribution is -2.56. The van der Waals surface area contributed by atoms with Gasteiger partial charge in [0.15, 0.2) is 0 Å².